The first-order chi connectivity index (χ1) is 12.5. The molecule has 1 aliphatic rings. The fourth-order valence-electron chi connectivity index (χ4n) is 3.07. The van der Waals surface area contributed by atoms with Gasteiger partial charge in [0.05, 0.1) is 11.0 Å². The summed E-state index contributed by atoms with van der Waals surface area (Å²) < 4.78 is 0. The number of benzene rings is 1. The Balaban J connectivity index is 0.00000364. The molecule has 1 fully saturated rings. The Hall–Kier alpha value is -1.24. The molecule has 1 heterocycles. The molecule has 0 aromatic heterocycles. The highest BCUT2D eigenvalue weighted by Gasteiger charge is 2.26. The molecule has 2 amide bonds. The molecule has 7 heteroatoms. The number of rotatable bonds is 8. The molecule has 1 aromatic carbocycles. The van der Waals surface area contributed by atoms with Crippen molar-refractivity contribution in [3.8, 4) is 0 Å². The minimum atomic E-state index is -0.191. The second kappa shape index (κ2) is 12.3. The molecule has 2 rings (SSSR count). The highest BCUT2D eigenvalue weighted by molar-refractivity contribution is 8.01. The molecular weight excluding hydrogens is 382 g/mol. The summed E-state index contributed by atoms with van der Waals surface area (Å²) in [7, 11) is 0. The SMILES string of the molecule is CCNCC1CCN(C(=O)C(C)SCC(=O)Nc2ccc(C)cc2)CC1.Cl. The maximum absolute atomic E-state index is 12.6. The van der Waals surface area contributed by atoms with Gasteiger partial charge < -0.3 is 15.5 Å². The van der Waals surface area contributed by atoms with Crippen molar-refractivity contribution in [2.45, 2.75) is 38.9 Å². The van der Waals surface area contributed by atoms with E-state index >= 15 is 0 Å². The predicted molar refractivity (Wildman–Crippen MR) is 117 cm³/mol. The highest BCUT2D eigenvalue weighted by Crippen LogP contribution is 2.21. The van der Waals surface area contributed by atoms with Gasteiger partial charge in [-0.2, -0.15) is 0 Å². The van der Waals surface area contributed by atoms with Crippen molar-refractivity contribution in [3.05, 3.63) is 29.8 Å². The second-order valence-corrected chi connectivity index (χ2v) is 8.27. The van der Waals surface area contributed by atoms with E-state index < -0.39 is 0 Å². The molecule has 27 heavy (non-hydrogen) atoms. The van der Waals surface area contributed by atoms with Gasteiger partial charge in [0.2, 0.25) is 11.8 Å². The number of carbonyl (C=O) groups excluding carboxylic acids is 2. The van der Waals surface area contributed by atoms with Crippen LogP contribution in [0, 0.1) is 12.8 Å². The van der Waals surface area contributed by atoms with E-state index in [1.807, 2.05) is 43.0 Å². The van der Waals surface area contributed by atoms with E-state index in [-0.39, 0.29) is 35.2 Å². The number of nitrogens with one attached hydrogen (secondary N) is 2. The molecule has 0 bridgehead atoms. The number of carbonyl (C=O) groups is 2. The standard InChI is InChI=1S/C20H31N3O2S.ClH/c1-4-21-13-17-9-11-23(12-10-17)20(25)16(3)26-14-19(24)22-18-7-5-15(2)6-8-18;/h5-8,16-17,21H,4,9-14H2,1-3H3,(H,22,24);1H. The fourth-order valence-corrected chi connectivity index (χ4v) is 3.83. The Labute approximate surface area is 173 Å². The lowest BCUT2D eigenvalue weighted by Crippen LogP contribution is -2.44. The number of piperidine rings is 1. The third-order valence-corrected chi connectivity index (χ3v) is 5.89. The van der Waals surface area contributed by atoms with Crippen LogP contribution >= 0.6 is 24.2 Å². The molecule has 1 saturated heterocycles. The number of thioether (sulfide) groups is 1. The first-order valence-electron chi connectivity index (χ1n) is 9.47. The Morgan fingerprint density at radius 3 is 2.44 bits per heavy atom. The molecule has 5 nitrogen and oxygen atoms in total. The predicted octanol–water partition coefficient (Wildman–Crippen LogP) is 3.33. The van der Waals surface area contributed by atoms with E-state index in [1.54, 1.807) is 0 Å². The number of anilines is 1. The van der Waals surface area contributed by atoms with Crippen LogP contribution in [0.4, 0.5) is 5.69 Å². The lowest BCUT2D eigenvalue weighted by molar-refractivity contribution is -0.131. The van der Waals surface area contributed by atoms with E-state index in [4.69, 9.17) is 0 Å². The van der Waals surface area contributed by atoms with Crippen LogP contribution in [0.2, 0.25) is 0 Å². The average Bonchev–Trinajstić information content (AvgIpc) is 2.66. The third kappa shape index (κ3) is 8.11. The summed E-state index contributed by atoms with van der Waals surface area (Å²) in [4.78, 5) is 26.6. The number of aryl methyl sites for hydroxylation is 1. The Bertz CT molecular complexity index is 589. The van der Waals surface area contributed by atoms with Gasteiger partial charge in [0, 0.05) is 18.8 Å². The smallest absolute Gasteiger partial charge is 0.235 e. The molecule has 0 radical (unpaired) electrons. The number of halogens is 1. The molecule has 1 aromatic rings. The topological polar surface area (TPSA) is 61.4 Å². The van der Waals surface area contributed by atoms with Crippen LogP contribution in [0.3, 0.4) is 0 Å². The molecule has 1 atom stereocenters. The molecule has 0 spiro atoms. The Kier molecular flexibility index (Phi) is 10.8. The summed E-state index contributed by atoms with van der Waals surface area (Å²) in [5, 5.41) is 6.07. The van der Waals surface area contributed by atoms with Gasteiger partial charge in [-0.1, -0.05) is 24.6 Å². The van der Waals surface area contributed by atoms with Crippen LogP contribution in [-0.2, 0) is 9.59 Å². The van der Waals surface area contributed by atoms with Crippen molar-refractivity contribution >= 4 is 41.7 Å². The van der Waals surface area contributed by atoms with Gasteiger partial charge in [0.1, 0.15) is 0 Å². The van der Waals surface area contributed by atoms with Crippen molar-refractivity contribution in [3.63, 3.8) is 0 Å². The highest BCUT2D eigenvalue weighted by atomic mass is 35.5. The zero-order valence-electron chi connectivity index (χ0n) is 16.5. The van der Waals surface area contributed by atoms with Crippen LogP contribution in [0.25, 0.3) is 0 Å². The molecule has 152 valence electrons. The van der Waals surface area contributed by atoms with Gasteiger partial charge in [-0.3, -0.25) is 9.59 Å². The Morgan fingerprint density at radius 2 is 1.85 bits per heavy atom. The molecule has 0 aliphatic carbocycles. The summed E-state index contributed by atoms with van der Waals surface area (Å²) in [5.41, 5.74) is 1.95. The van der Waals surface area contributed by atoms with Gasteiger partial charge in [-0.15, -0.1) is 24.2 Å². The van der Waals surface area contributed by atoms with E-state index in [9.17, 15) is 9.59 Å². The maximum Gasteiger partial charge on any atom is 0.235 e. The van der Waals surface area contributed by atoms with E-state index in [2.05, 4.69) is 17.6 Å². The first kappa shape index (κ1) is 23.8. The van der Waals surface area contributed by atoms with Crippen molar-refractivity contribution < 1.29 is 9.59 Å². The maximum atomic E-state index is 12.6. The molecular formula is C20H32ClN3O2S. The van der Waals surface area contributed by atoms with Gasteiger partial charge >= 0.3 is 0 Å². The van der Waals surface area contributed by atoms with Crippen molar-refractivity contribution in [1.82, 2.24) is 10.2 Å². The van der Waals surface area contributed by atoms with E-state index in [0.717, 1.165) is 50.3 Å². The summed E-state index contributed by atoms with van der Waals surface area (Å²) in [5.74, 6) is 1.04. The van der Waals surface area contributed by atoms with E-state index in [0.29, 0.717) is 5.92 Å². The minimum absolute atomic E-state index is 0. The van der Waals surface area contributed by atoms with Gasteiger partial charge in [0.15, 0.2) is 0 Å². The zero-order chi connectivity index (χ0) is 18.9. The number of nitrogens with zero attached hydrogens (tertiary/aromatic N) is 1. The van der Waals surface area contributed by atoms with E-state index in [1.165, 1.54) is 11.8 Å². The average molecular weight is 414 g/mol. The van der Waals surface area contributed by atoms with Gasteiger partial charge in [-0.05, 0) is 57.8 Å². The lowest BCUT2D eigenvalue weighted by Gasteiger charge is -2.33. The van der Waals surface area contributed by atoms with Crippen molar-refractivity contribution in [1.29, 1.82) is 0 Å². The van der Waals surface area contributed by atoms with Crippen LogP contribution in [-0.4, -0.2) is 53.9 Å². The Morgan fingerprint density at radius 1 is 1.22 bits per heavy atom. The van der Waals surface area contributed by atoms with Gasteiger partial charge in [0.25, 0.3) is 0 Å². The normalized spacial score (nSPS) is 15.7. The van der Waals surface area contributed by atoms with Crippen LogP contribution in [0.5, 0.6) is 0 Å². The number of hydrogen-bond donors (Lipinski definition) is 2. The summed E-state index contributed by atoms with van der Waals surface area (Å²) in [6, 6.07) is 7.72. The van der Waals surface area contributed by atoms with Crippen LogP contribution in [0.15, 0.2) is 24.3 Å². The summed E-state index contributed by atoms with van der Waals surface area (Å²) in [6.45, 7) is 9.73. The molecule has 0 saturated carbocycles. The quantitative estimate of drug-likeness (QED) is 0.686. The van der Waals surface area contributed by atoms with Crippen molar-refractivity contribution in [2.75, 3.05) is 37.2 Å². The first-order valence-corrected chi connectivity index (χ1v) is 10.5. The van der Waals surface area contributed by atoms with Crippen molar-refractivity contribution in [2.24, 2.45) is 5.92 Å². The summed E-state index contributed by atoms with van der Waals surface area (Å²) in [6.07, 6.45) is 2.12. The monoisotopic (exact) mass is 413 g/mol. The van der Waals surface area contributed by atoms with Gasteiger partial charge in [-0.25, -0.2) is 0 Å². The second-order valence-electron chi connectivity index (χ2n) is 6.94. The fraction of sp³-hybridized carbons (Fsp3) is 0.600. The summed E-state index contributed by atoms with van der Waals surface area (Å²) >= 11 is 1.41. The lowest BCUT2D eigenvalue weighted by atomic mass is 9.96. The largest absolute Gasteiger partial charge is 0.342 e. The molecule has 1 aliphatic heterocycles. The molecule has 1 unspecified atom stereocenters. The number of likely N-dealkylation sites (tertiary alicyclic amines) is 1. The molecule has 2 N–H and O–H groups in total. The zero-order valence-corrected chi connectivity index (χ0v) is 18.1. The third-order valence-electron chi connectivity index (χ3n) is 4.76. The van der Waals surface area contributed by atoms with Crippen LogP contribution in [0.1, 0.15) is 32.3 Å². The number of hydrogen-bond acceptors (Lipinski definition) is 4. The van der Waals surface area contributed by atoms with Crippen LogP contribution < -0.4 is 10.6 Å². The minimum Gasteiger partial charge on any atom is -0.342 e. The number of amides is 2.